The minimum absolute atomic E-state index is 0.0912. The number of hydrogen-bond donors (Lipinski definition) is 1. The van der Waals surface area contributed by atoms with Crippen molar-refractivity contribution in [3.63, 3.8) is 0 Å². The Kier molecular flexibility index (Phi) is 8.19. The SMILES string of the molecule is CC(C)(C)C(=O)OCC1O[C@@H](OCc2ccccc2)C(O)[C@@H](OC(=O)C(C)(C)C)[C@H]1F. The fourth-order valence-electron chi connectivity index (χ4n) is 2.71. The summed E-state index contributed by atoms with van der Waals surface area (Å²) in [5, 5.41) is 10.6. The molecule has 0 radical (unpaired) electrons. The minimum Gasteiger partial charge on any atom is -0.462 e. The van der Waals surface area contributed by atoms with Crippen molar-refractivity contribution in [3.05, 3.63) is 35.9 Å². The van der Waals surface area contributed by atoms with Gasteiger partial charge >= 0.3 is 11.9 Å². The zero-order valence-corrected chi connectivity index (χ0v) is 19.0. The number of carbonyl (C=O) groups is 2. The third kappa shape index (κ3) is 6.98. The Labute approximate surface area is 182 Å². The summed E-state index contributed by atoms with van der Waals surface area (Å²) >= 11 is 0. The summed E-state index contributed by atoms with van der Waals surface area (Å²) in [6.45, 7) is 9.59. The molecule has 0 aromatic heterocycles. The molecule has 1 aromatic carbocycles. The highest BCUT2D eigenvalue weighted by Crippen LogP contribution is 2.30. The summed E-state index contributed by atoms with van der Waals surface area (Å²) in [5.74, 6) is -1.20. The first-order chi connectivity index (χ1) is 14.3. The standard InChI is InChI=1S/C23H33FO7/c1-22(2,3)20(26)29-13-15-16(24)18(31-21(27)23(4,5)6)17(25)19(30-15)28-12-14-10-8-7-9-11-14/h7-11,15-19,25H,12-13H2,1-6H3/t15?,16-,17?,18-,19+/m0/s1. The average Bonchev–Trinajstić information content (AvgIpc) is 2.68. The van der Waals surface area contributed by atoms with E-state index in [-0.39, 0.29) is 6.61 Å². The maximum atomic E-state index is 15.2. The number of rotatable bonds is 6. The number of halogens is 1. The van der Waals surface area contributed by atoms with Crippen molar-refractivity contribution in [3.8, 4) is 0 Å². The summed E-state index contributed by atoms with van der Waals surface area (Å²) in [6, 6.07) is 9.17. The molecule has 1 N–H and O–H groups in total. The molecule has 8 heteroatoms. The maximum Gasteiger partial charge on any atom is 0.311 e. The van der Waals surface area contributed by atoms with Gasteiger partial charge in [-0.3, -0.25) is 9.59 Å². The molecule has 174 valence electrons. The Bertz CT molecular complexity index is 739. The van der Waals surface area contributed by atoms with Crippen LogP contribution >= 0.6 is 0 Å². The molecule has 31 heavy (non-hydrogen) atoms. The first kappa shape index (κ1) is 25.2. The Morgan fingerprint density at radius 2 is 1.61 bits per heavy atom. The molecule has 0 aliphatic carbocycles. The first-order valence-corrected chi connectivity index (χ1v) is 10.3. The topological polar surface area (TPSA) is 91.3 Å². The van der Waals surface area contributed by atoms with Gasteiger partial charge in [-0.05, 0) is 47.1 Å². The molecule has 1 aliphatic heterocycles. The maximum absolute atomic E-state index is 15.2. The largest absolute Gasteiger partial charge is 0.462 e. The van der Waals surface area contributed by atoms with Gasteiger partial charge in [0.1, 0.15) is 18.8 Å². The fourth-order valence-corrected chi connectivity index (χ4v) is 2.71. The van der Waals surface area contributed by atoms with Crippen molar-refractivity contribution in [2.45, 2.75) is 78.9 Å². The van der Waals surface area contributed by atoms with Gasteiger partial charge in [0, 0.05) is 0 Å². The summed E-state index contributed by atoms with van der Waals surface area (Å²) in [5.41, 5.74) is -0.854. The van der Waals surface area contributed by atoms with E-state index in [0.29, 0.717) is 0 Å². The lowest BCUT2D eigenvalue weighted by molar-refractivity contribution is -0.298. The first-order valence-electron chi connectivity index (χ1n) is 10.3. The van der Waals surface area contributed by atoms with Gasteiger partial charge in [0.25, 0.3) is 0 Å². The molecule has 1 saturated heterocycles. The van der Waals surface area contributed by atoms with E-state index in [0.717, 1.165) is 5.56 Å². The zero-order chi connectivity index (χ0) is 23.4. The molecule has 5 atom stereocenters. The molecule has 1 heterocycles. The fraction of sp³-hybridized carbons (Fsp3) is 0.652. The van der Waals surface area contributed by atoms with Crippen LogP contribution in [0.1, 0.15) is 47.1 Å². The Balaban J connectivity index is 2.16. The van der Waals surface area contributed by atoms with Crippen LogP contribution in [0.4, 0.5) is 4.39 Å². The molecular weight excluding hydrogens is 407 g/mol. The number of aliphatic hydroxyl groups is 1. The molecule has 0 spiro atoms. The third-order valence-corrected chi connectivity index (χ3v) is 4.70. The molecule has 7 nitrogen and oxygen atoms in total. The second kappa shape index (κ2) is 10.1. The Hall–Kier alpha value is -2.03. The van der Waals surface area contributed by atoms with Crippen molar-refractivity contribution in [1.82, 2.24) is 0 Å². The second-order valence-corrected chi connectivity index (χ2v) is 9.74. The lowest BCUT2D eigenvalue weighted by Crippen LogP contribution is -2.59. The highest BCUT2D eigenvalue weighted by molar-refractivity contribution is 5.76. The average molecular weight is 441 g/mol. The van der Waals surface area contributed by atoms with Gasteiger partial charge in [-0.2, -0.15) is 0 Å². The van der Waals surface area contributed by atoms with Crippen LogP contribution in [-0.2, 0) is 35.1 Å². The predicted molar refractivity (Wildman–Crippen MR) is 111 cm³/mol. The van der Waals surface area contributed by atoms with E-state index in [9.17, 15) is 14.7 Å². The van der Waals surface area contributed by atoms with Crippen LogP contribution in [0.3, 0.4) is 0 Å². The van der Waals surface area contributed by atoms with Crippen molar-refractivity contribution in [1.29, 1.82) is 0 Å². The quantitative estimate of drug-likeness (QED) is 0.680. The number of benzene rings is 1. The Morgan fingerprint density at radius 1 is 1.03 bits per heavy atom. The second-order valence-electron chi connectivity index (χ2n) is 9.74. The predicted octanol–water partition coefficient (Wildman–Crippen LogP) is 3.17. The van der Waals surface area contributed by atoms with E-state index in [1.165, 1.54) is 0 Å². The normalized spacial score (nSPS) is 26.9. The lowest BCUT2D eigenvalue weighted by Gasteiger charge is -2.41. The van der Waals surface area contributed by atoms with Crippen LogP contribution in [0.5, 0.6) is 0 Å². The molecule has 1 aliphatic rings. The van der Waals surface area contributed by atoms with Gasteiger partial charge in [0.2, 0.25) is 0 Å². The minimum atomic E-state index is -1.91. The van der Waals surface area contributed by atoms with Crippen LogP contribution in [0, 0.1) is 10.8 Å². The van der Waals surface area contributed by atoms with E-state index in [1.54, 1.807) is 41.5 Å². The summed E-state index contributed by atoms with van der Waals surface area (Å²) < 4.78 is 36.9. The monoisotopic (exact) mass is 440 g/mol. The van der Waals surface area contributed by atoms with Gasteiger partial charge < -0.3 is 24.1 Å². The van der Waals surface area contributed by atoms with Crippen LogP contribution in [-0.4, -0.2) is 54.4 Å². The molecule has 0 saturated carbocycles. The molecular formula is C23H33FO7. The molecule has 2 rings (SSSR count). The van der Waals surface area contributed by atoms with Crippen molar-refractivity contribution >= 4 is 11.9 Å². The lowest BCUT2D eigenvalue weighted by atomic mass is 9.95. The van der Waals surface area contributed by atoms with Crippen LogP contribution in [0.15, 0.2) is 30.3 Å². The summed E-state index contributed by atoms with van der Waals surface area (Å²) in [6.07, 6.45) is -7.54. The van der Waals surface area contributed by atoms with Crippen LogP contribution in [0.2, 0.25) is 0 Å². The summed E-state index contributed by atoms with van der Waals surface area (Å²) in [4.78, 5) is 24.4. The molecule has 0 bridgehead atoms. The van der Waals surface area contributed by atoms with Crippen molar-refractivity contribution in [2.24, 2.45) is 10.8 Å². The number of carbonyl (C=O) groups excluding carboxylic acids is 2. The van der Waals surface area contributed by atoms with Gasteiger partial charge in [-0.1, -0.05) is 30.3 Å². The van der Waals surface area contributed by atoms with E-state index >= 15 is 4.39 Å². The number of esters is 2. The molecule has 2 unspecified atom stereocenters. The van der Waals surface area contributed by atoms with E-state index in [1.807, 2.05) is 30.3 Å². The highest BCUT2D eigenvalue weighted by atomic mass is 19.1. The van der Waals surface area contributed by atoms with Gasteiger partial charge in [0.15, 0.2) is 18.6 Å². The number of hydrogen-bond acceptors (Lipinski definition) is 7. The van der Waals surface area contributed by atoms with Gasteiger partial charge in [0.05, 0.1) is 17.4 Å². The smallest absolute Gasteiger partial charge is 0.311 e. The van der Waals surface area contributed by atoms with Gasteiger partial charge in [-0.25, -0.2) is 4.39 Å². The van der Waals surface area contributed by atoms with Crippen LogP contribution in [0.25, 0.3) is 0 Å². The Morgan fingerprint density at radius 3 is 2.16 bits per heavy atom. The van der Waals surface area contributed by atoms with Gasteiger partial charge in [-0.15, -0.1) is 0 Å². The highest BCUT2D eigenvalue weighted by Gasteiger charge is 2.50. The molecule has 0 amide bonds. The molecule has 1 aromatic rings. The van der Waals surface area contributed by atoms with Crippen LogP contribution < -0.4 is 0 Å². The van der Waals surface area contributed by atoms with E-state index in [4.69, 9.17) is 18.9 Å². The number of aliphatic hydroxyl groups excluding tert-OH is 1. The third-order valence-electron chi connectivity index (χ3n) is 4.70. The van der Waals surface area contributed by atoms with Crippen molar-refractivity contribution in [2.75, 3.05) is 6.61 Å². The summed E-state index contributed by atoms with van der Waals surface area (Å²) in [7, 11) is 0. The number of ether oxygens (including phenoxy) is 4. The van der Waals surface area contributed by atoms with E-state index in [2.05, 4.69) is 0 Å². The van der Waals surface area contributed by atoms with E-state index < -0.39 is 60.1 Å². The zero-order valence-electron chi connectivity index (χ0n) is 19.0. The molecule has 1 fully saturated rings. The van der Waals surface area contributed by atoms with Crippen molar-refractivity contribution < 1.29 is 38.0 Å². The number of alkyl halides is 1.